The number of hydrogen-bond acceptors (Lipinski definition) is 4. The first-order valence-corrected chi connectivity index (χ1v) is 10.6. The molecule has 0 N–H and O–H groups in total. The van der Waals surface area contributed by atoms with Gasteiger partial charge in [0, 0.05) is 21.6 Å². The second kappa shape index (κ2) is 7.60. The molecule has 0 spiro atoms. The standard InChI is InChI=1S/C21H28INO4/c1-12-6-7-13(10-16(12)22)15-11-14-8-9-17(18(15)19(24)26-5)23(14)20(25)27-21(2,3)4/h6-7,10,14-15,17-18H,8-9,11H2,1-5H3. The van der Waals surface area contributed by atoms with Crippen LogP contribution < -0.4 is 0 Å². The molecule has 2 bridgehead atoms. The number of methoxy groups -OCH3 is 1. The lowest BCUT2D eigenvalue weighted by molar-refractivity contribution is -0.150. The molecule has 1 aromatic carbocycles. The Labute approximate surface area is 174 Å². The van der Waals surface area contributed by atoms with E-state index in [0.717, 1.165) is 24.8 Å². The first-order chi connectivity index (χ1) is 12.6. The van der Waals surface area contributed by atoms with E-state index >= 15 is 0 Å². The van der Waals surface area contributed by atoms with Crippen LogP contribution in [-0.2, 0) is 14.3 Å². The lowest BCUT2D eigenvalue weighted by Crippen LogP contribution is -2.54. The van der Waals surface area contributed by atoms with Gasteiger partial charge in [0.05, 0.1) is 13.0 Å². The highest BCUT2D eigenvalue weighted by atomic mass is 127. The van der Waals surface area contributed by atoms with Gasteiger partial charge in [0.2, 0.25) is 0 Å². The van der Waals surface area contributed by atoms with Crippen molar-refractivity contribution in [3.8, 4) is 0 Å². The molecule has 3 rings (SSSR count). The van der Waals surface area contributed by atoms with Crippen molar-refractivity contribution >= 4 is 34.7 Å². The summed E-state index contributed by atoms with van der Waals surface area (Å²) in [6, 6.07) is 6.32. The topological polar surface area (TPSA) is 55.8 Å². The zero-order valence-corrected chi connectivity index (χ0v) is 18.8. The van der Waals surface area contributed by atoms with E-state index in [1.165, 1.54) is 16.2 Å². The molecule has 5 nitrogen and oxygen atoms in total. The van der Waals surface area contributed by atoms with Crippen molar-refractivity contribution in [3.05, 3.63) is 32.9 Å². The average Bonchev–Trinajstić information content (AvgIpc) is 2.89. The maximum Gasteiger partial charge on any atom is 0.410 e. The fourth-order valence-electron chi connectivity index (χ4n) is 4.44. The van der Waals surface area contributed by atoms with Gasteiger partial charge in [-0.25, -0.2) is 4.79 Å². The number of ether oxygens (including phenoxy) is 2. The third-order valence-corrected chi connectivity index (χ3v) is 6.78. The SMILES string of the molecule is COC(=O)C1C(c2ccc(C)c(I)c2)CC2CCC1N2C(=O)OC(C)(C)C. The molecule has 2 saturated heterocycles. The van der Waals surface area contributed by atoms with Crippen LogP contribution in [0.5, 0.6) is 0 Å². The van der Waals surface area contributed by atoms with Crippen molar-refractivity contribution in [3.63, 3.8) is 0 Å². The van der Waals surface area contributed by atoms with Gasteiger partial charge in [-0.05, 0) is 86.7 Å². The fourth-order valence-corrected chi connectivity index (χ4v) is 4.98. The Morgan fingerprint density at radius 3 is 2.52 bits per heavy atom. The third kappa shape index (κ3) is 4.10. The van der Waals surface area contributed by atoms with E-state index in [1.807, 2.05) is 25.7 Å². The summed E-state index contributed by atoms with van der Waals surface area (Å²) in [5.74, 6) is -0.544. The molecule has 0 aliphatic carbocycles. The van der Waals surface area contributed by atoms with E-state index < -0.39 is 5.60 Å². The lowest BCUT2D eigenvalue weighted by atomic mass is 9.76. The minimum absolute atomic E-state index is 0.0581. The predicted molar refractivity (Wildman–Crippen MR) is 112 cm³/mol. The predicted octanol–water partition coefficient (Wildman–Crippen LogP) is 4.64. The van der Waals surface area contributed by atoms with E-state index in [4.69, 9.17) is 9.47 Å². The Morgan fingerprint density at radius 2 is 1.93 bits per heavy atom. The second-order valence-electron chi connectivity index (χ2n) is 8.59. The Balaban J connectivity index is 1.94. The van der Waals surface area contributed by atoms with Crippen LogP contribution in [0, 0.1) is 16.4 Å². The largest absolute Gasteiger partial charge is 0.469 e. The lowest BCUT2D eigenvalue weighted by Gasteiger charge is -2.43. The molecule has 0 radical (unpaired) electrons. The minimum atomic E-state index is -0.554. The fraction of sp³-hybridized carbons (Fsp3) is 0.619. The molecule has 2 heterocycles. The molecule has 2 aliphatic heterocycles. The zero-order chi connectivity index (χ0) is 19.9. The van der Waals surface area contributed by atoms with E-state index in [9.17, 15) is 9.59 Å². The highest BCUT2D eigenvalue weighted by molar-refractivity contribution is 14.1. The smallest absolute Gasteiger partial charge is 0.410 e. The number of hydrogen-bond donors (Lipinski definition) is 0. The molecule has 1 aromatic rings. The zero-order valence-electron chi connectivity index (χ0n) is 16.6. The first kappa shape index (κ1) is 20.4. The normalized spacial score (nSPS) is 27.4. The molecule has 2 fully saturated rings. The molecule has 0 saturated carbocycles. The summed E-state index contributed by atoms with van der Waals surface area (Å²) in [4.78, 5) is 27.4. The number of piperidine rings is 1. The average molecular weight is 485 g/mol. The van der Waals surface area contributed by atoms with Gasteiger partial charge in [0.15, 0.2) is 0 Å². The van der Waals surface area contributed by atoms with Crippen molar-refractivity contribution in [2.24, 2.45) is 5.92 Å². The number of carbonyl (C=O) groups excluding carboxylic acids is 2. The maximum absolute atomic E-state index is 12.8. The number of rotatable bonds is 2. The van der Waals surface area contributed by atoms with Crippen molar-refractivity contribution in [1.29, 1.82) is 0 Å². The molecule has 27 heavy (non-hydrogen) atoms. The van der Waals surface area contributed by atoms with Crippen LogP contribution in [-0.4, -0.2) is 41.8 Å². The Morgan fingerprint density at radius 1 is 1.22 bits per heavy atom. The van der Waals surface area contributed by atoms with Crippen molar-refractivity contribution in [2.75, 3.05) is 7.11 Å². The highest BCUT2D eigenvalue weighted by Crippen LogP contribution is 2.48. The number of esters is 1. The van der Waals surface area contributed by atoms with Gasteiger partial charge in [0.1, 0.15) is 5.60 Å². The van der Waals surface area contributed by atoms with Crippen LogP contribution in [0.2, 0.25) is 0 Å². The van der Waals surface area contributed by atoms with Gasteiger partial charge in [-0.3, -0.25) is 4.79 Å². The van der Waals surface area contributed by atoms with Crippen molar-refractivity contribution in [2.45, 2.75) is 70.6 Å². The number of nitrogens with zero attached hydrogens (tertiary/aromatic N) is 1. The molecule has 1 amide bonds. The number of carbonyl (C=O) groups is 2. The van der Waals surface area contributed by atoms with Crippen LogP contribution in [0.4, 0.5) is 4.79 Å². The summed E-state index contributed by atoms with van der Waals surface area (Å²) in [5, 5.41) is 0. The van der Waals surface area contributed by atoms with E-state index in [1.54, 1.807) is 0 Å². The summed E-state index contributed by atoms with van der Waals surface area (Å²) in [6.45, 7) is 7.68. The van der Waals surface area contributed by atoms with E-state index in [0.29, 0.717) is 0 Å². The quantitative estimate of drug-likeness (QED) is 0.453. The second-order valence-corrected chi connectivity index (χ2v) is 9.75. The summed E-state index contributed by atoms with van der Waals surface area (Å²) in [5.41, 5.74) is 1.82. The van der Waals surface area contributed by atoms with Gasteiger partial charge in [-0.1, -0.05) is 12.1 Å². The molecular weight excluding hydrogens is 457 g/mol. The summed E-state index contributed by atoms with van der Waals surface area (Å²) in [7, 11) is 1.43. The molecule has 6 heteroatoms. The van der Waals surface area contributed by atoms with Gasteiger partial charge in [0.25, 0.3) is 0 Å². The van der Waals surface area contributed by atoms with Crippen LogP contribution in [0.3, 0.4) is 0 Å². The molecular formula is C21H28INO4. The van der Waals surface area contributed by atoms with Crippen LogP contribution >= 0.6 is 22.6 Å². The number of benzene rings is 1. The maximum atomic E-state index is 12.8. The number of aryl methyl sites for hydroxylation is 1. The van der Waals surface area contributed by atoms with Crippen LogP contribution in [0.25, 0.3) is 0 Å². The Hall–Kier alpha value is -1.31. The molecule has 4 unspecified atom stereocenters. The Kier molecular flexibility index (Phi) is 5.75. The summed E-state index contributed by atoms with van der Waals surface area (Å²) >= 11 is 2.33. The number of amides is 1. The van der Waals surface area contributed by atoms with Gasteiger partial charge < -0.3 is 14.4 Å². The summed E-state index contributed by atoms with van der Waals surface area (Å²) in [6.07, 6.45) is 2.15. The number of fused-ring (bicyclic) bond motifs is 2. The van der Waals surface area contributed by atoms with Gasteiger partial charge in [-0.15, -0.1) is 0 Å². The van der Waals surface area contributed by atoms with Gasteiger partial charge >= 0.3 is 12.1 Å². The molecule has 2 aliphatic rings. The van der Waals surface area contributed by atoms with Crippen molar-refractivity contribution < 1.29 is 19.1 Å². The minimum Gasteiger partial charge on any atom is -0.469 e. The van der Waals surface area contributed by atoms with Crippen molar-refractivity contribution in [1.82, 2.24) is 4.90 Å². The van der Waals surface area contributed by atoms with E-state index in [2.05, 4.69) is 47.7 Å². The molecule has 148 valence electrons. The highest BCUT2D eigenvalue weighted by Gasteiger charge is 2.53. The third-order valence-electron chi connectivity index (χ3n) is 5.62. The van der Waals surface area contributed by atoms with Gasteiger partial charge in [-0.2, -0.15) is 0 Å². The Bertz CT molecular complexity index is 742. The van der Waals surface area contributed by atoms with Crippen LogP contribution in [0.15, 0.2) is 18.2 Å². The monoisotopic (exact) mass is 485 g/mol. The summed E-state index contributed by atoms with van der Waals surface area (Å²) < 4.78 is 12.0. The van der Waals surface area contributed by atoms with Crippen LogP contribution in [0.1, 0.15) is 57.1 Å². The first-order valence-electron chi connectivity index (χ1n) is 9.47. The number of halogens is 1. The molecule has 0 aromatic heterocycles. The van der Waals surface area contributed by atoms with E-state index in [-0.39, 0.29) is 36.0 Å². The molecule has 4 atom stereocenters.